The summed E-state index contributed by atoms with van der Waals surface area (Å²) in [7, 11) is -1.81. The van der Waals surface area contributed by atoms with E-state index in [1.54, 1.807) is 7.11 Å². The van der Waals surface area contributed by atoms with Gasteiger partial charge < -0.3 is 10.5 Å². The molecule has 1 saturated heterocycles. The van der Waals surface area contributed by atoms with Gasteiger partial charge in [-0.2, -0.15) is 17.4 Å². The zero-order valence-electron chi connectivity index (χ0n) is 9.68. The lowest BCUT2D eigenvalue weighted by atomic mass is 10.2. The van der Waals surface area contributed by atoms with Crippen molar-refractivity contribution < 1.29 is 13.2 Å². The average Bonchev–Trinajstić information content (AvgIpc) is 2.71. The Kier molecular flexibility index (Phi) is 5.63. The van der Waals surface area contributed by atoms with Crippen molar-refractivity contribution in [3.05, 3.63) is 0 Å². The molecule has 0 saturated carbocycles. The van der Waals surface area contributed by atoms with Gasteiger partial charge in [0, 0.05) is 26.2 Å². The quantitative estimate of drug-likeness (QED) is 0.625. The first-order chi connectivity index (χ1) is 7.60. The second-order valence-corrected chi connectivity index (χ2v) is 5.66. The maximum Gasteiger partial charge on any atom is 0.279 e. The van der Waals surface area contributed by atoms with Crippen LogP contribution in [0.15, 0.2) is 0 Å². The van der Waals surface area contributed by atoms with Gasteiger partial charge in [-0.1, -0.05) is 0 Å². The van der Waals surface area contributed by atoms with Crippen LogP contribution in [-0.2, 0) is 14.9 Å². The summed E-state index contributed by atoms with van der Waals surface area (Å²) in [5, 5.41) is 0. The van der Waals surface area contributed by atoms with Crippen molar-refractivity contribution in [3.8, 4) is 0 Å². The molecule has 0 amide bonds. The number of hydrogen-bond donors (Lipinski definition) is 2. The molecule has 0 aromatic carbocycles. The van der Waals surface area contributed by atoms with Crippen molar-refractivity contribution in [1.82, 2.24) is 9.03 Å². The van der Waals surface area contributed by atoms with Gasteiger partial charge in [-0.05, 0) is 25.8 Å². The topological polar surface area (TPSA) is 84.7 Å². The molecule has 1 atom stereocenters. The molecule has 96 valence electrons. The van der Waals surface area contributed by atoms with Gasteiger partial charge in [-0.3, -0.25) is 0 Å². The zero-order chi connectivity index (χ0) is 12.0. The molecular formula is C9H21N3O3S. The van der Waals surface area contributed by atoms with E-state index in [1.807, 2.05) is 0 Å². The number of methoxy groups -OCH3 is 1. The highest BCUT2D eigenvalue weighted by atomic mass is 32.2. The third-order valence-corrected chi connectivity index (χ3v) is 4.28. The van der Waals surface area contributed by atoms with Crippen molar-refractivity contribution in [2.45, 2.75) is 25.3 Å². The molecule has 6 nitrogen and oxygen atoms in total. The van der Waals surface area contributed by atoms with E-state index in [0.29, 0.717) is 32.7 Å². The average molecular weight is 251 g/mol. The smallest absolute Gasteiger partial charge is 0.279 e. The number of nitrogens with zero attached hydrogens (tertiary/aromatic N) is 1. The summed E-state index contributed by atoms with van der Waals surface area (Å²) in [5.74, 6) is 0. The second kappa shape index (κ2) is 6.51. The lowest BCUT2D eigenvalue weighted by Gasteiger charge is -2.21. The predicted molar refractivity (Wildman–Crippen MR) is 62.2 cm³/mol. The highest BCUT2D eigenvalue weighted by molar-refractivity contribution is 7.87. The Hall–Kier alpha value is -0.210. The number of hydrogen-bond acceptors (Lipinski definition) is 4. The SMILES string of the molecule is COCC(CCN)NS(=O)(=O)N1CCCC1. The minimum Gasteiger partial charge on any atom is -0.383 e. The molecule has 0 aliphatic carbocycles. The molecule has 7 heteroatoms. The summed E-state index contributed by atoms with van der Waals surface area (Å²) in [6, 6.07) is -0.236. The van der Waals surface area contributed by atoms with Crippen molar-refractivity contribution in [2.75, 3.05) is 33.4 Å². The standard InChI is InChI=1S/C9H21N3O3S/c1-15-8-9(4-5-10)11-16(13,14)12-6-2-3-7-12/h9,11H,2-8,10H2,1H3. The molecule has 16 heavy (non-hydrogen) atoms. The third-order valence-electron chi connectivity index (χ3n) is 2.60. The first kappa shape index (κ1) is 13.9. The van der Waals surface area contributed by atoms with Crippen LogP contribution in [0.1, 0.15) is 19.3 Å². The van der Waals surface area contributed by atoms with Gasteiger partial charge in [0.05, 0.1) is 6.61 Å². The Morgan fingerprint density at radius 1 is 1.44 bits per heavy atom. The highest BCUT2D eigenvalue weighted by Gasteiger charge is 2.27. The Balaban J connectivity index is 2.54. The molecule has 0 aromatic heterocycles. The van der Waals surface area contributed by atoms with E-state index in [0.717, 1.165) is 12.8 Å². The van der Waals surface area contributed by atoms with E-state index < -0.39 is 10.2 Å². The van der Waals surface area contributed by atoms with E-state index in [9.17, 15) is 8.42 Å². The third kappa shape index (κ3) is 3.99. The fraction of sp³-hybridized carbons (Fsp3) is 1.00. The largest absolute Gasteiger partial charge is 0.383 e. The number of rotatable bonds is 7. The monoisotopic (exact) mass is 251 g/mol. The summed E-state index contributed by atoms with van der Waals surface area (Å²) < 4.78 is 32.9. The van der Waals surface area contributed by atoms with E-state index >= 15 is 0 Å². The van der Waals surface area contributed by atoms with Crippen molar-refractivity contribution in [3.63, 3.8) is 0 Å². The van der Waals surface area contributed by atoms with Crippen LogP contribution >= 0.6 is 0 Å². The van der Waals surface area contributed by atoms with Gasteiger partial charge in [-0.15, -0.1) is 0 Å². The van der Waals surface area contributed by atoms with Crippen molar-refractivity contribution in [1.29, 1.82) is 0 Å². The summed E-state index contributed by atoms with van der Waals surface area (Å²) in [4.78, 5) is 0. The lowest BCUT2D eigenvalue weighted by Crippen LogP contribution is -2.46. The Morgan fingerprint density at radius 3 is 2.56 bits per heavy atom. The van der Waals surface area contributed by atoms with Crippen LogP contribution in [0.25, 0.3) is 0 Å². The summed E-state index contributed by atoms with van der Waals surface area (Å²) in [5.41, 5.74) is 5.43. The molecule has 0 bridgehead atoms. The van der Waals surface area contributed by atoms with Gasteiger partial charge in [-0.25, -0.2) is 0 Å². The van der Waals surface area contributed by atoms with Crippen LogP contribution in [0.3, 0.4) is 0 Å². The van der Waals surface area contributed by atoms with Crippen LogP contribution in [-0.4, -0.2) is 52.1 Å². The maximum absolute atomic E-state index is 11.9. The summed E-state index contributed by atoms with van der Waals surface area (Å²) >= 11 is 0. The van der Waals surface area contributed by atoms with E-state index in [1.165, 1.54) is 4.31 Å². The minimum atomic E-state index is -3.36. The summed E-state index contributed by atoms with van der Waals surface area (Å²) in [6.45, 7) is 2.01. The number of nitrogens with one attached hydrogen (secondary N) is 1. The van der Waals surface area contributed by atoms with E-state index in [-0.39, 0.29) is 6.04 Å². The normalized spacial score (nSPS) is 20.1. The van der Waals surface area contributed by atoms with Crippen LogP contribution in [0.2, 0.25) is 0 Å². The highest BCUT2D eigenvalue weighted by Crippen LogP contribution is 2.12. The fourth-order valence-electron chi connectivity index (χ4n) is 1.79. The van der Waals surface area contributed by atoms with Gasteiger partial charge in [0.2, 0.25) is 0 Å². The molecule has 1 unspecified atom stereocenters. The maximum atomic E-state index is 11.9. The Labute approximate surface area is 97.3 Å². The summed E-state index contributed by atoms with van der Waals surface area (Å²) in [6.07, 6.45) is 2.46. The van der Waals surface area contributed by atoms with Crippen molar-refractivity contribution >= 4 is 10.2 Å². The van der Waals surface area contributed by atoms with Gasteiger partial charge in [0.15, 0.2) is 0 Å². The minimum absolute atomic E-state index is 0.236. The van der Waals surface area contributed by atoms with Crippen LogP contribution in [0.4, 0.5) is 0 Å². The Morgan fingerprint density at radius 2 is 2.06 bits per heavy atom. The molecule has 0 spiro atoms. The van der Waals surface area contributed by atoms with Crippen molar-refractivity contribution in [2.24, 2.45) is 5.73 Å². The van der Waals surface area contributed by atoms with Crippen LogP contribution in [0.5, 0.6) is 0 Å². The zero-order valence-corrected chi connectivity index (χ0v) is 10.5. The van der Waals surface area contributed by atoms with Gasteiger partial charge >= 0.3 is 0 Å². The number of nitrogens with two attached hydrogens (primary N) is 1. The van der Waals surface area contributed by atoms with Crippen LogP contribution < -0.4 is 10.5 Å². The molecule has 3 N–H and O–H groups in total. The fourth-order valence-corrected chi connectivity index (χ4v) is 3.29. The molecule has 0 aromatic rings. The second-order valence-electron chi connectivity index (χ2n) is 3.96. The molecule has 1 heterocycles. The van der Waals surface area contributed by atoms with Crippen LogP contribution in [0, 0.1) is 0 Å². The molecule has 1 aliphatic rings. The van der Waals surface area contributed by atoms with E-state index in [4.69, 9.17) is 10.5 Å². The first-order valence-electron chi connectivity index (χ1n) is 5.56. The first-order valence-corrected chi connectivity index (χ1v) is 7.00. The molecular weight excluding hydrogens is 230 g/mol. The van der Waals surface area contributed by atoms with E-state index in [2.05, 4.69) is 4.72 Å². The molecule has 1 rings (SSSR count). The number of ether oxygens (including phenoxy) is 1. The Bertz CT molecular complexity index is 282. The molecule has 1 fully saturated rings. The molecule has 0 radical (unpaired) electrons. The van der Waals surface area contributed by atoms with Gasteiger partial charge in [0.25, 0.3) is 10.2 Å². The van der Waals surface area contributed by atoms with Gasteiger partial charge in [0.1, 0.15) is 0 Å². The predicted octanol–water partition coefficient (Wildman–Crippen LogP) is -0.720. The lowest BCUT2D eigenvalue weighted by molar-refractivity contribution is 0.171. The molecule has 1 aliphatic heterocycles.